The van der Waals surface area contributed by atoms with Gasteiger partial charge in [0, 0.05) is 17.9 Å². The molecule has 2 bridgehead atoms. The van der Waals surface area contributed by atoms with Crippen LogP contribution in [0, 0.1) is 0 Å². The Morgan fingerprint density at radius 2 is 1.80 bits per heavy atom. The highest BCUT2D eigenvalue weighted by Gasteiger charge is 2.54. The first-order valence-electron chi connectivity index (χ1n) is 9.98. The number of carbonyl (C=O) groups is 1. The molecule has 2 aliphatic rings. The predicted octanol–water partition coefficient (Wildman–Crippen LogP) is 3.55. The molecular formula is C23H27NO5S. The third kappa shape index (κ3) is 3.35. The van der Waals surface area contributed by atoms with Gasteiger partial charge in [0.05, 0.1) is 12.0 Å². The van der Waals surface area contributed by atoms with Crippen LogP contribution in [0.4, 0.5) is 0 Å². The van der Waals surface area contributed by atoms with E-state index in [1.165, 1.54) is 0 Å². The minimum absolute atomic E-state index is 0.0947. The summed E-state index contributed by atoms with van der Waals surface area (Å²) in [6, 6.07) is 12.1. The molecule has 0 spiro atoms. The van der Waals surface area contributed by atoms with Crippen LogP contribution in [-0.2, 0) is 20.0 Å². The highest BCUT2D eigenvalue weighted by molar-refractivity contribution is 7.92. The average molecular weight is 430 g/mol. The number of methoxy groups -OCH3 is 1. The van der Waals surface area contributed by atoms with Crippen molar-refractivity contribution in [1.82, 2.24) is 5.32 Å². The first-order chi connectivity index (χ1) is 13.9. The second-order valence-electron chi connectivity index (χ2n) is 9.28. The number of benzene rings is 2. The molecule has 1 saturated heterocycles. The lowest BCUT2D eigenvalue weighted by atomic mass is 9.81. The van der Waals surface area contributed by atoms with Gasteiger partial charge in [-0.1, -0.05) is 32.9 Å². The van der Waals surface area contributed by atoms with Gasteiger partial charge in [0.1, 0.15) is 11.5 Å². The number of sulfone groups is 1. The van der Waals surface area contributed by atoms with Gasteiger partial charge in [-0.15, -0.1) is 0 Å². The smallest absolute Gasteiger partial charge is 0.242 e. The summed E-state index contributed by atoms with van der Waals surface area (Å²) in [5.74, 6) is 0.0902. The number of fused-ring (bicyclic) bond motifs is 4. The van der Waals surface area contributed by atoms with Crippen molar-refractivity contribution in [2.45, 2.75) is 61.3 Å². The summed E-state index contributed by atoms with van der Waals surface area (Å²) in [5.41, 5.74) is 0.679. The topological polar surface area (TPSA) is 81.7 Å². The fourth-order valence-electron chi connectivity index (χ4n) is 4.36. The highest BCUT2D eigenvalue weighted by Crippen LogP contribution is 2.48. The van der Waals surface area contributed by atoms with Crippen LogP contribution in [0.3, 0.4) is 0 Å². The van der Waals surface area contributed by atoms with Crippen LogP contribution in [0.5, 0.6) is 11.5 Å². The molecule has 0 aromatic heterocycles. The molecule has 1 fully saturated rings. The molecule has 30 heavy (non-hydrogen) atoms. The lowest BCUT2D eigenvalue weighted by Gasteiger charge is -2.46. The molecule has 2 aromatic carbocycles. The summed E-state index contributed by atoms with van der Waals surface area (Å²) < 4.78 is 38.5. The van der Waals surface area contributed by atoms with Gasteiger partial charge in [0.25, 0.3) is 0 Å². The van der Waals surface area contributed by atoms with E-state index in [4.69, 9.17) is 9.47 Å². The van der Waals surface area contributed by atoms with E-state index in [-0.39, 0.29) is 10.3 Å². The third-order valence-electron chi connectivity index (χ3n) is 5.96. The molecule has 160 valence electrons. The molecule has 4 rings (SSSR count). The molecule has 0 saturated carbocycles. The standard InChI is InChI=1S/C23H27NO5S/c1-22(2,3)14-6-9-16(10-7-14)30(26,27)20-18-13-23(4,24-21(20)25)29-19-11-8-15(28-5)12-17(18)19/h6-12,18,20H,13H2,1-5H3,(H,24,25)/t18-,20-,23+/m1/s1. The van der Waals surface area contributed by atoms with Crippen LogP contribution in [0.2, 0.25) is 0 Å². The zero-order chi connectivity index (χ0) is 21.9. The lowest BCUT2D eigenvalue weighted by Crippen LogP contribution is -2.63. The molecular weight excluding hydrogens is 402 g/mol. The summed E-state index contributed by atoms with van der Waals surface area (Å²) >= 11 is 0. The Morgan fingerprint density at radius 1 is 1.13 bits per heavy atom. The summed E-state index contributed by atoms with van der Waals surface area (Å²) in [6.45, 7) is 7.97. The van der Waals surface area contributed by atoms with Crippen molar-refractivity contribution in [1.29, 1.82) is 0 Å². The van der Waals surface area contributed by atoms with Crippen molar-refractivity contribution in [3.8, 4) is 11.5 Å². The molecule has 0 unspecified atom stereocenters. The number of piperidine rings is 1. The van der Waals surface area contributed by atoms with E-state index in [1.807, 2.05) is 12.1 Å². The van der Waals surface area contributed by atoms with Gasteiger partial charge in [-0.05, 0) is 48.2 Å². The highest BCUT2D eigenvalue weighted by atomic mass is 32.2. The summed E-state index contributed by atoms with van der Waals surface area (Å²) in [5, 5.41) is 1.55. The Kier molecular flexibility index (Phi) is 4.65. The van der Waals surface area contributed by atoms with E-state index >= 15 is 0 Å². The zero-order valence-corrected chi connectivity index (χ0v) is 18.7. The average Bonchev–Trinajstić information content (AvgIpc) is 2.66. The fraction of sp³-hybridized carbons (Fsp3) is 0.435. The number of hydrogen-bond acceptors (Lipinski definition) is 5. The van der Waals surface area contributed by atoms with Gasteiger partial charge in [-0.3, -0.25) is 4.79 Å². The molecule has 0 aliphatic carbocycles. The number of nitrogens with one attached hydrogen (secondary N) is 1. The molecule has 2 aliphatic heterocycles. The molecule has 7 heteroatoms. The van der Waals surface area contributed by atoms with Gasteiger partial charge < -0.3 is 14.8 Å². The van der Waals surface area contributed by atoms with Crippen LogP contribution < -0.4 is 14.8 Å². The number of rotatable bonds is 3. The molecule has 0 radical (unpaired) electrons. The maximum Gasteiger partial charge on any atom is 0.242 e. The van der Waals surface area contributed by atoms with Gasteiger partial charge in [0.15, 0.2) is 20.8 Å². The number of ether oxygens (including phenoxy) is 2. The summed E-state index contributed by atoms with van der Waals surface area (Å²) in [4.78, 5) is 13.2. The SMILES string of the molecule is COc1ccc2c(c1)[C@H]1C[C@@](C)(NC(=O)[C@@H]1S(=O)(=O)c1ccc(C(C)(C)C)cc1)O2. The first-order valence-corrected chi connectivity index (χ1v) is 11.5. The van der Waals surface area contributed by atoms with Crippen molar-refractivity contribution in [2.24, 2.45) is 0 Å². The minimum atomic E-state index is -3.92. The predicted molar refractivity (Wildman–Crippen MR) is 114 cm³/mol. The molecule has 2 aromatic rings. The Bertz CT molecular complexity index is 1100. The van der Waals surface area contributed by atoms with Gasteiger partial charge in [0.2, 0.25) is 5.91 Å². The maximum absolute atomic E-state index is 13.6. The largest absolute Gasteiger partial charge is 0.497 e. The van der Waals surface area contributed by atoms with Crippen molar-refractivity contribution >= 4 is 15.7 Å². The van der Waals surface area contributed by atoms with E-state index in [0.717, 1.165) is 5.56 Å². The Morgan fingerprint density at radius 3 is 2.40 bits per heavy atom. The second kappa shape index (κ2) is 6.74. The molecule has 1 N–H and O–H groups in total. The van der Waals surface area contributed by atoms with Crippen molar-refractivity contribution in [3.63, 3.8) is 0 Å². The quantitative estimate of drug-likeness (QED) is 0.807. The van der Waals surface area contributed by atoms with E-state index in [1.54, 1.807) is 44.4 Å². The van der Waals surface area contributed by atoms with Crippen LogP contribution in [0.15, 0.2) is 47.4 Å². The molecule has 6 nitrogen and oxygen atoms in total. The van der Waals surface area contributed by atoms with E-state index in [2.05, 4.69) is 26.1 Å². The van der Waals surface area contributed by atoms with Gasteiger partial charge in [-0.2, -0.15) is 0 Å². The third-order valence-corrected chi connectivity index (χ3v) is 8.10. The Hall–Kier alpha value is -2.54. The molecule has 2 heterocycles. The van der Waals surface area contributed by atoms with Gasteiger partial charge in [-0.25, -0.2) is 8.42 Å². The lowest BCUT2D eigenvalue weighted by molar-refractivity contribution is -0.132. The first kappa shape index (κ1) is 20.7. The monoisotopic (exact) mass is 429 g/mol. The van der Waals surface area contributed by atoms with Crippen LogP contribution in [0.25, 0.3) is 0 Å². The molecule has 3 atom stereocenters. The van der Waals surface area contributed by atoms with Crippen molar-refractivity contribution in [2.75, 3.05) is 7.11 Å². The normalized spacial score (nSPS) is 25.7. The van der Waals surface area contributed by atoms with Crippen LogP contribution in [0.1, 0.15) is 51.2 Å². The number of amides is 1. The van der Waals surface area contributed by atoms with Crippen LogP contribution in [-0.4, -0.2) is 32.4 Å². The van der Waals surface area contributed by atoms with Crippen molar-refractivity contribution in [3.05, 3.63) is 53.6 Å². The maximum atomic E-state index is 13.6. The van der Waals surface area contributed by atoms with E-state index < -0.39 is 32.6 Å². The van der Waals surface area contributed by atoms with Gasteiger partial charge >= 0.3 is 0 Å². The Labute approximate surface area is 177 Å². The molecule has 1 amide bonds. The summed E-state index contributed by atoms with van der Waals surface area (Å²) in [6.07, 6.45) is 0.364. The zero-order valence-electron chi connectivity index (χ0n) is 17.9. The fourth-order valence-corrected chi connectivity index (χ4v) is 6.18. The number of hydrogen-bond donors (Lipinski definition) is 1. The number of carbonyl (C=O) groups excluding carboxylic acids is 1. The Balaban J connectivity index is 1.80. The van der Waals surface area contributed by atoms with E-state index in [0.29, 0.717) is 23.5 Å². The minimum Gasteiger partial charge on any atom is -0.497 e. The van der Waals surface area contributed by atoms with Crippen molar-refractivity contribution < 1.29 is 22.7 Å². The summed E-state index contributed by atoms with van der Waals surface area (Å²) in [7, 11) is -2.37. The second-order valence-corrected chi connectivity index (χ2v) is 11.3. The van der Waals surface area contributed by atoms with Crippen LogP contribution >= 0.6 is 0 Å². The van der Waals surface area contributed by atoms with E-state index in [9.17, 15) is 13.2 Å².